The highest BCUT2D eigenvalue weighted by atomic mass is 16.5. The molecule has 1 aliphatic heterocycles. The molecule has 1 fully saturated rings. The predicted molar refractivity (Wildman–Crippen MR) is 125 cm³/mol. The quantitative estimate of drug-likeness (QED) is 0.588. The normalized spacial score (nSPS) is 14.7. The van der Waals surface area contributed by atoms with E-state index in [1.165, 1.54) is 0 Å². The summed E-state index contributed by atoms with van der Waals surface area (Å²) in [4.78, 5) is 41.4. The molecule has 3 aromatic rings. The average Bonchev–Trinajstić information content (AvgIpc) is 2.85. The van der Waals surface area contributed by atoms with Gasteiger partial charge in [-0.15, -0.1) is 0 Å². The lowest BCUT2D eigenvalue weighted by atomic mass is 10.1. The van der Waals surface area contributed by atoms with Gasteiger partial charge in [0.1, 0.15) is 11.8 Å². The van der Waals surface area contributed by atoms with Crippen LogP contribution in [0.5, 0.6) is 5.75 Å². The van der Waals surface area contributed by atoms with Crippen LogP contribution in [-0.2, 0) is 16.0 Å². The Morgan fingerprint density at radius 3 is 2.45 bits per heavy atom. The second-order valence-electron chi connectivity index (χ2n) is 8.00. The molecule has 172 valence electrons. The van der Waals surface area contributed by atoms with Gasteiger partial charge in [0, 0.05) is 31.6 Å². The van der Waals surface area contributed by atoms with Gasteiger partial charge in [0.2, 0.25) is 11.8 Å². The first-order valence-corrected chi connectivity index (χ1v) is 10.9. The van der Waals surface area contributed by atoms with Gasteiger partial charge in [0.25, 0.3) is 5.56 Å². The van der Waals surface area contributed by atoms with Gasteiger partial charge in [0.05, 0.1) is 30.3 Å². The number of nitrogens with zero attached hydrogens (tertiary/aromatic N) is 3. The van der Waals surface area contributed by atoms with Crippen molar-refractivity contribution >= 4 is 28.3 Å². The van der Waals surface area contributed by atoms with Gasteiger partial charge in [-0.1, -0.05) is 30.3 Å². The Morgan fingerprint density at radius 1 is 1.06 bits per heavy atom. The number of fused-ring (bicyclic) bond motifs is 1. The second-order valence-corrected chi connectivity index (χ2v) is 8.00. The summed E-state index contributed by atoms with van der Waals surface area (Å²) >= 11 is 0. The smallest absolute Gasteiger partial charge is 0.272 e. The fourth-order valence-electron chi connectivity index (χ4n) is 4.15. The summed E-state index contributed by atoms with van der Waals surface area (Å²) in [7, 11) is 1.65. The Bertz CT molecular complexity index is 1220. The molecule has 0 radical (unpaired) electrons. The molecule has 9 nitrogen and oxygen atoms in total. The van der Waals surface area contributed by atoms with Crippen molar-refractivity contribution in [3.05, 3.63) is 64.6 Å². The van der Waals surface area contributed by atoms with Gasteiger partial charge in [0.15, 0.2) is 0 Å². The number of H-pyrrole nitrogens is 1. The minimum Gasteiger partial charge on any atom is -0.495 e. The van der Waals surface area contributed by atoms with Crippen LogP contribution in [0.1, 0.15) is 12.6 Å². The number of hydrogen-bond acceptors (Lipinski definition) is 6. The highest BCUT2D eigenvalue weighted by molar-refractivity contribution is 5.91. The summed E-state index contributed by atoms with van der Waals surface area (Å²) in [6.07, 6.45) is -0.0313. The monoisotopic (exact) mass is 449 g/mol. The van der Waals surface area contributed by atoms with E-state index in [0.29, 0.717) is 42.6 Å². The Morgan fingerprint density at radius 2 is 1.73 bits per heavy atom. The van der Waals surface area contributed by atoms with Crippen LogP contribution < -0.4 is 20.5 Å². The molecule has 4 rings (SSSR count). The molecule has 2 aromatic carbocycles. The molecule has 1 unspecified atom stereocenters. The van der Waals surface area contributed by atoms with Crippen molar-refractivity contribution in [2.45, 2.75) is 19.4 Å². The second kappa shape index (κ2) is 9.72. The fourth-order valence-corrected chi connectivity index (χ4v) is 4.15. The number of amides is 2. The number of ether oxygens (including phenoxy) is 1. The van der Waals surface area contributed by atoms with E-state index in [2.05, 4.69) is 20.4 Å². The van der Waals surface area contributed by atoms with Crippen LogP contribution in [0.3, 0.4) is 0 Å². The van der Waals surface area contributed by atoms with Crippen molar-refractivity contribution in [1.82, 2.24) is 20.4 Å². The number of aromatic amines is 1. The molecule has 1 aromatic heterocycles. The third-order valence-corrected chi connectivity index (χ3v) is 5.87. The van der Waals surface area contributed by atoms with E-state index in [1.807, 2.05) is 24.3 Å². The van der Waals surface area contributed by atoms with Crippen LogP contribution in [0.25, 0.3) is 10.8 Å². The van der Waals surface area contributed by atoms with E-state index in [4.69, 9.17) is 4.74 Å². The molecule has 0 bridgehead atoms. The number of aromatic nitrogens is 2. The van der Waals surface area contributed by atoms with E-state index in [-0.39, 0.29) is 23.8 Å². The first-order chi connectivity index (χ1) is 16.0. The topological polar surface area (TPSA) is 108 Å². The summed E-state index contributed by atoms with van der Waals surface area (Å²) in [5.74, 6) is 0.358. The number of anilines is 1. The lowest BCUT2D eigenvalue weighted by Gasteiger charge is -2.37. The van der Waals surface area contributed by atoms with Gasteiger partial charge in [-0.05, 0) is 25.1 Å². The zero-order chi connectivity index (χ0) is 23.4. The molecular weight excluding hydrogens is 422 g/mol. The first kappa shape index (κ1) is 22.3. The van der Waals surface area contributed by atoms with Crippen LogP contribution in [0.15, 0.2) is 53.3 Å². The third kappa shape index (κ3) is 4.82. The molecule has 0 spiro atoms. The Labute approximate surface area is 191 Å². The Kier molecular flexibility index (Phi) is 6.58. The summed E-state index contributed by atoms with van der Waals surface area (Å²) in [5, 5.41) is 10.3. The van der Waals surface area contributed by atoms with E-state index < -0.39 is 6.04 Å². The molecule has 2 N–H and O–H groups in total. The number of piperazine rings is 1. The van der Waals surface area contributed by atoms with Gasteiger partial charge >= 0.3 is 0 Å². The predicted octanol–water partition coefficient (Wildman–Crippen LogP) is 1.33. The number of carbonyl (C=O) groups excluding carboxylic acids is 2. The maximum atomic E-state index is 12.9. The maximum Gasteiger partial charge on any atom is 0.272 e. The van der Waals surface area contributed by atoms with Crippen LogP contribution >= 0.6 is 0 Å². The van der Waals surface area contributed by atoms with Crippen molar-refractivity contribution in [2.24, 2.45) is 0 Å². The Hall–Kier alpha value is -3.88. The summed E-state index contributed by atoms with van der Waals surface area (Å²) in [6.45, 7) is 4.16. The minimum absolute atomic E-state index is 0.0313. The molecule has 0 aliphatic carbocycles. The molecule has 9 heteroatoms. The zero-order valence-electron chi connectivity index (χ0n) is 18.7. The minimum atomic E-state index is -0.663. The van der Waals surface area contributed by atoms with Crippen molar-refractivity contribution in [1.29, 1.82) is 0 Å². The maximum absolute atomic E-state index is 12.9. The molecule has 2 heterocycles. The van der Waals surface area contributed by atoms with Crippen LogP contribution in [0.4, 0.5) is 5.69 Å². The number of rotatable bonds is 6. The fraction of sp³-hybridized carbons (Fsp3) is 0.333. The highest BCUT2D eigenvalue weighted by Crippen LogP contribution is 2.28. The largest absolute Gasteiger partial charge is 0.495 e. The van der Waals surface area contributed by atoms with Crippen molar-refractivity contribution in [3.63, 3.8) is 0 Å². The highest BCUT2D eigenvalue weighted by Gasteiger charge is 2.27. The van der Waals surface area contributed by atoms with E-state index in [1.54, 1.807) is 43.2 Å². The number of nitrogens with one attached hydrogen (secondary N) is 2. The van der Waals surface area contributed by atoms with E-state index >= 15 is 0 Å². The van der Waals surface area contributed by atoms with Gasteiger partial charge in [-0.2, -0.15) is 5.10 Å². The number of carbonyl (C=O) groups is 2. The lowest BCUT2D eigenvalue weighted by Crippen LogP contribution is -2.54. The Balaban J connectivity index is 1.34. The summed E-state index contributed by atoms with van der Waals surface area (Å²) < 4.78 is 5.44. The first-order valence-electron chi connectivity index (χ1n) is 10.9. The molecule has 1 aliphatic rings. The SMILES string of the molecule is COc1ccccc1N1CCN(C(=O)C(C)NC(=O)Cc2n[nH]c(=O)c3ccccc23)CC1. The van der Waals surface area contributed by atoms with Gasteiger partial charge < -0.3 is 19.9 Å². The van der Waals surface area contributed by atoms with Crippen molar-refractivity contribution < 1.29 is 14.3 Å². The molecular formula is C24H27N5O4. The zero-order valence-corrected chi connectivity index (χ0v) is 18.7. The van der Waals surface area contributed by atoms with Crippen molar-refractivity contribution in [2.75, 3.05) is 38.2 Å². The summed E-state index contributed by atoms with van der Waals surface area (Å²) in [5.41, 5.74) is 1.17. The van der Waals surface area contributed by atoms with Gasteiger partial charge in [-0.25, -0.2) is 5.10 Å². The molecule has 2 amide bonds. The average molecular weight is 450 g/mol. The third-order valence-electron chi connectivity index (χ3n) is 5.87. The number of benzene rings is 2. The number of para-hydroxylation sites is 2. The molecule has 0 saturated carbocycles. The summed E-state index contributed by atoms with van der Waals surface area (Å²) in [6, 6.07) is 14.2. The number of methoxy groups -OCH3 is 1. The van der Waals surface area contributed by atoms with Crippen LogP contribution in [-0.4, -0.2) is 66.2 Å². The number of hydrogen-bond donors (Lipinski definition) is 2. The molecule has 1 atom stereocenters. The van der Waals surface area contributed by atoms with Gasteiger partial charge in [-0.3, -0.25) is 14.4 Å². The van der Waals surface area contributed by atoms with Crippen LogP contribution in [0, 0.1) is 0 Å². The lowest BCUT2D eigenvalue weighted by molar-refractivity contribution is -0.136. The van der Waals surface area contributed by atoms with Crippen molar-refractivity contribution in [3.8, 4) is 5.75 Å². The van der Waals surface area contributed by atoms with E-state index in [9.17, 15) is 14.4 Å². The van der Waals surface area contributed by atoms with E-state index in [0.717, 1.165) is 11.4 Å². The molecule has 33 heavy (non-hydrogen) atoms. The molecule has 1 saturated heterocycles. The van der Waals surface area contributed by atoms with Crippen LogP contribution in [0.2, 0.25) is 0 Å². The standard InChI is InChI=1S/C24H27N5O4/c1-16(25-22(30)15-19-17-7-3-4-8-18(17)23(31)27-26-19)24(32)29-13-11-28(12-14-29)20-9-5-6-10-21(20)33-2/h3-10,16H,11-15H2,1-2H3,(H,25,30)(H,27,31).